The van der Waals surface area contributed by atoms with Crippen LogP contribution in [0, 0.1) is 0 Å². The summed E-state index contributed by atoms with van der Waals surface area (Å²) in [5, 5.41) is 6.88. The summed E-state index contributed by atoms with van der Waals surface area (Å²) in [5.74, 6) is -0.481. The van der Waals surface area contributed by atoms with E-state index >= 15 is 0 Å². The second-order valence-corrected chi connectivity index (χ2v) is 6.73. The van der Waals surface area contributed by atoms with Gasteiger partial charge in [0.25, 0.3) is 5.91 Å². The molecule has 4 aromatic rings. The summed E-state index contributed by atoms with van der Waals surface area (Å²) >= 11 is 0. The minimum atomic E-state index is -4.50. The van der Waals surface area contributed by atoms with Crippen molar-refractivity contribution >= 4 is 11.6 Å². The quantitative estimate of drug-likeness (QED) is 0.453. The SMILES string of the molecule is O=C(Nc1ccccc1OCC(F)(F)F)c1nc(-c2ccccc2)n(-c2ccccc2)n1. The minimum Gasteiger partial charge on any atom is -0.482 e. The van der Waals surface area contributed by atoms with Gasteiger partial charge in [0, 0.05) is 5.56 Å². The van der Waals surface area contributed by atoms with E-state index in [-0.39, 0.29) is 17.3 Å². The number of hydrogen-bond donors (Lipinski definition) is 1. The highest BCUT2D eigenvalue weighted by Gasteiger charge is 2.29. The van der Waals surface area contributed by atoms with Crippen molar-refractivity contribution in [2.75, 3.05) is 11.9 Å². The number of amides is 1. The smallest absolute Gasteiger partial charge is 0.422 e. The lowest BCUT2D eigenvalue weighted by molar-refractivity contribution is -0.153. The van der Waals surface area contributed by atoms with Crippen LogP contribution in [0.3, 0.4) is 0 Å². The average Bonchev–Trinajstić information content (AvgIpc) is 3.25. The molecule has 1 aromatic heterocycles. The van der Waals surface area contributed by atoms with Gasteiger partial charge in [-0.1, -0.05) is 60.7 Å². The van der Waals surface area contributed by atoms with Crippen LogP contribution < -0.4 is 10.1 Å². The van der Waals surface area contributed by atoms with Crippen LogP contribution in [-0.2, 0) is 0 Å². The Morgan fingerprint density at radius 1 is 0.906 bits per heavy atom. The second kappa shape index (κ2) is 8.93. The van der Waals surface area contributed by atoms with Gasteiger partial charge in [0.1, 0.15) is 5.75 Å². The number of rotatable bonds is 6. The van der Waals surface area contributed by atoms with E-state index in [0.717, 1.165) is 5.56 Å². The molecular formula is C23H17F3N4O2. The number of ether oxygens (including phenoxy) is 1. The first kappa shape index (κ1) is 21.1. The number of carbonyl (C=O) groups excluding carboxylic acids is 1. The van der Waals surface area contributed by atoms with E-state index in [1.165, 1.54) is 22.9 Å². The predicted molar refractivity (Wildman–Crippen MR) is 113 cm³/mol. The molecule has 0 aliphatic heterocycles. The van der Waals surface area contributed by atoms with Gasteiger partial charge in [-0.15, -0.1) is 5.10 Å². The molecule has 1 heterocycles. The number of hydrogen-bond acceptors (Lipinski definition) is 4. The zero-order chi connectivity index (χ0) is 22.6. The summed E-state index contributed by atoms with van der Waals surface area (Å²) in [7, 11) is 0. The Morgan fingerprint density at radius 2 is 1.53 bits per heavy atom. The first-order chi connectivity index (χ1) is 15.4. The zero-order valence-electron chi connectivity index (χ0n) is 16.6. The number of nitrogens with one attached hydrogen (secondary N) is 1. The zero-order valence-corrected chi connectivity index (χ0v) is 16.6. The van der Waals surface area contributed by atoms with Crippen LogP contribution in [0.4, 0.5) is 18.9 Å². The Balaban J connectivity index is 1.65. The van der Waals surface area contributed by atoms with Crippen LogP contribution in [0.2, 0.25) is 0 Å². The number of halogens is 3. The largest absolute Gasteiger partial charge is 0.482 e. The molecule has 1 N–H and O–H groups in total. The van der Waals surface area contributed by atoms with Crippen molar-refractivity contribution in [3.63, 3.8) is 0 Å². The third-order valence-electron chi connectivity index (χ3n) is 4.37. The van der Waals surface area contributed by atoms with Crippen molar-refractivity contribution in [2.45, 2.75) is 6.18 Å². The summed E-state index contributed by atoms with van der Waals surface area (Å²) in [6, 6.07) is 24.2. The molecule has 6 nitrogen and oxygen atoms in total. The van der Waals surface area contributed by atoms with Crippen LogP contribution in [0.15, 0.2) is 84.9 Å². The summed E-state index contributed by atoms with van der Waals surface area (Å²) in [6.45, 7) is -1.47. The predicted octanol–water partition coefficient (Wildman–Crippen LogP) is 5.13. The molecule has 0 radical (unpaired) electrons. The number of nitrogens with zero attached hydrogens (tertiary/aromatic N) is 3. The van der Waals surface area contributed by atoms with Crippen molar-refractivity contribution in [2.24, 2.45) is 0 Å². The minimum absolute atomic E-state index is 0.0825. The molecule has 0 bridgehead atoms. The number of aromatic nitrogens is 3. The first-order valence-electron chi connectivity index (χ1n) is 9.58. The molecule has 0 atom stereocenters. The number of benzene rings is 3. The van der Waals surface area contributed by atoms with Gasteiger partial charge in [-0.25, -0.2) is 9.67 Å². The fraction of sp³-hybridized carbons (Fsp3) is 0.0870. The fourth-order valence-electron chi connectivity index (χ4n) is 2.97. The number of para-hydroxylation sites is 3. The van der Waals surface area contributed by atoms with Gasteiger partial charge in [0.05, 0.1) is 11.4 Å². The molecule has 9 heteroatoms. The molecule has 0 aliphatic rings. The summed E-state index contributed by atoms with van der Waals surface area (Å²) < 4.78 is 44.0. The van der Waals surface area contributed by atoms with E-state index in [1.807, 2.05) is 60.7 Å². The van der Waals surface area contributed by atoms with Crippen molar-refractivity contribution in [1.82, 2.24) is 14.8 Å². The lowest BCUT2D eigenvalue weighted by atomic mass is 10.2. The molecule has 4 rings (SSSR count). The van der Waals surface area contributed by atoms with E-state index in [2.05, 4.69) is 15.4 Å². The fourth-order valence-corrected chi connectivity index (χ4v) is 2.97. The number of anilines is 1. The summed E-state index contributed by atoms with van der Waals surface area (Å²) in [4.78, 5) is 17.3. The molecule has 3 aromatic carbocycles. The topological polar surface area (TPSA) is 69.0 Å². The second-order valence-electron chi connectivity index (χ2n) is 6.73. The van der Waals surface area contributed by atoms with Crippen molar-refractivity contribution < 1.29 is 22.7 Å². The Bertz CT molecular complexity index is 1150. The monoisotopic (exact) mass is 438 g/mol. The Morgan fingerprint density at radius 3 is 2.22 bits per heavy atom. The van der Waals surface area contributed by atoms with Gasteiger partial charge in [-0.05, 0) is 24.3 Å². The highest BCUT2D eigenvalue weighted by Crippen LogP contribution is 2.27. The van der Waals surface area contributed by atoms with Crippen molar-refractivity contribution in [3.8, 4) is 22.8 Å². The molecule has 0 spiro atoms. The molecule has 1 amide bonds. The Kier molecular flexibility index (Phi) is 5.89. The van der Waals surface area contributed by atoms with Gasteiger partial charge in [-0.2, -0.15) is 13.2 Å². The molecule has 0 unspecified atom stereocenters. The maximum atomic E-state index is 12.9. The van der Waals surface area contributed by atoms with Crippen LogP contribution in [0.1, 0.15) is 10.6 Å². The molecule has 32 heavy (non-hydrogen) atoms. The van der Waals surface area contributed by atoms with Crippen LogP contribution in [0.5, 0.6) is 5.75 Å². The maximum Gasteiger partial charge on any atom is 0.422 e. The standard InChI is InChI=1S/C23H17F3N4O2/c24-23(25,26)15-32-19-14-8-7-13-18(19)27-22(31)20-28-21(16-9-3-1-4-10-16)30(29-20)17-11-5-2-6-12-17/h1-14H,15H2,(H,27,31). The number of carbonyl (C=O) groups is 1. The maximum absolute atomic E-state index is 12.9. The average molecular weight is 438 g/mol. The van der Waals surface area contributed by atoms with Gasteiger partial charge in [-0.3, -0.25) is 4.79 Å². The molecule has 0 fully saturated rings. The number of alkyl halides is 3. The van der Waals surface area contributed by atoms with Gasteiger partial charge in [0.2, 0.25) is 5.82 Å². The van der Waals surface area contributed by atoms with E-state index < -0.39 is 18.7 Å². The third kappa shape index (κ3) is 4.94. The van der Waals surface area contributed by atoms with E-state index in [0.29, 0.717) is 11.5 Å². The van der Waals surface area contributed by atoms with Crippen LogP contribution in [0.25, 0.3) is 17.1 Å². The molecule has 0 aliphatic carbocycles. The van der Waals surface area contributed by atoms with Gasteiger partial charge >= 0.3 is 6.18 Å². The first-order valence-corrected chi connectivity index (χ1v) is 9.58. The summed E-state index contributed by atoms with van der Waals surface area (Å²) in [5.41, 5.74) is 1.53. The normalized spacial score (nSPS) is 11.2. The lowest BCUT2D eigenvalue weighted by Gasteiger charge is -2.13. The van der Waals surface area contributed by atoms with E-state index in [9.17, 15) is 18.0 Å². The Hall–Kier alpha value is -4.14. The van der Waals surface area contributed by atoms with E-state index in [1.54, 1.807) is 6.07 Å². The van der Waals surface area contributed by atoms with Crippen molar-refractivity contribution in [1.29, 1.82) is 0 Å². The highest BCUT2D eigenvalue weighted by atomic mass is 19.4. The van der Waals surface area contributed by atoms with Crippen molar-refractivity contribution in [3.05, 3.63) is 90.8 Å². The molecule has 0 saturated carbocycles. The lowest BCUT2D eigenvalue weighted by Crippen LogP contribution is -2.20. The Labute approximate surface area is 181 Å². The van der Waals surface area contributed by atoms with E-state index in [4.69, 9.17) is 4.74 Å². The molecule has 0 saturated heterocycles. The highest BCUT2D eigenvalue weighted by molar-refractivity contribution is 6.02. The van der Waals surface area contributed by atoms with Gasteiger partial charge in [0.15, 0.2) is 12.4 Å². The molecular weight excluding hydrogens is 421 g/mol. The van der Waals surface area contributed by atoms with Crippen LogP contribution >= 0.6 is 0 Å². The summed E-state index contributed by atoms with van der Waals surface area (Å²) in [6.07, 6.45) is -4.50. The van der Waals surface area contributed by atoms with Gasteiger partial charge < -0.3 is 10.1 Å². The third-order valence-corrected chi connectivity index (χ3v) is 4.37. The molecule has 162 valence electrons. The van der Waals surface area contributed by atoms with Crippen LogP contribution in [-0.4, -0.2) is 33.5 Å².